The first-order chi connectivity index (χ1) is 14.7. The van der Waals surface area contributed by atoms with Crippen molar-refractivity contribution in [3.63, 3.8) is 0 Å². The SMILES string of the molecule is COc1ccc2cc([C@H]3Nc4ccccc4C(=O)N3c3ccccc3)c(Cl)nc2c1. The summed E-state index contributed by atoms with van der Waals surface area (Å²) in [7, 11) is 1.61. The van der Waals surface area contributed by atoms with Crippen molar-refractivity contribution in [1.29, 1.82) is 0 Å². The standard InChI is InChI=1S/C24H18ClN3O2/c1-30-17-12-11-15-13-19(22(25)26-21(15)14-17)23-27-20-10-6-5-9-18(20)24(29)28(23)16-7-3-2-4-8-16/h2-14,23,27H,1H3/t23-/m0/s1. The number of aromatic nitrogens is 1. The van der Waals surface area contributed by atoms with Gasteiger partial charge in [-0.2, -0.15) is 0 Å². The van der Waals surface area contributed by atoms with Gasteiger partial charge in [-0.1, -0.05) is 41.9 Å². The Hall–Kier alpha value is -3.57. The predicted octanol–water partition coefficient (Wildman–Crippen LogP) is 5.67. The van der Waals surface area contributed by atoms with Gasteiger partial charge in [-0.15, -0.1) is 0 Å². The average Bonchev–Trinajstić information content (AvgIpc) is 2.78. The number of carbonyl (C=O) groups excluding carboxylic acids is 1. The van der Waals surface area contributed by atoms with Crippen molar-refractivity contribution in [2.75, 3.05) is 17.3 Å². The molecule has 1 aromatic heterocycles. The summed E-state index contributed by atoms with van der Waals surface area (Å²) >= 11 is 6.63. The van der Waals surface area contributed by atoms with Crippen LogP contribution in [0.4, 0.5) is 11.4 Å². The minimum absolute atomic E-state index is 0.0913. The molecule has 1 N–H and O–H groups in total. The highest BCUT2D eigenvalue weighted by molar-refractivity contribution is 6.31. The zero-order valence-corrected chi connectivity index (χ0v) is 16.9. The van der Waals surface area contributed by atoms with Crippen LogP contribution in [0.15, 0.2) is 78.9 Å². The van der Waals surface area contributed by atoms with Gasteiger partial charge < -0.3 is 10.1 Å². The molecule has 5 rings (SSSR count). The van der Waals surface area contributed by atoms with Crippen LogP contribution in [-0.2, 0) is 0 Å². The maximum absolute atomic E-state index is 13.5. The number of methoxy groups -OCH3 is 1. The molecule has 148 valence electrons. The highest BCUT2D eigenvalue weighted by Crippen LogP contribution is 2.39. The quantitative estimate of drug-likeness (QED) is 0.438. The van der Waals surface area contributed by atoms with Gasteiger partial charge in [-0.3, -0.25) is 9.69 Å². The molecule has 1 aliphatic heterocycles. The van der Waals surface area contributed by atoms with E-state index in [4.69, 9.17) is 16.3 Å². The molecular weight excluding hydrogens is 398 g/mol. The third kappa shape index (κ3) is 3.04. The Morgan fingerprint density at radius 3 is 2.57 bits per heavy atom. The number of nitrogens with zero attached hydrogens (tertiary/aromatic N) is 2. The first-order valence-electron chi connectivity index (χ1n) is 9.54. The summed E-state index contributed by atoms with van der Waals surface area (Å²) in [5, 5.41) is 4.72. The van der Waals surface area contributed by atoms with Gasteiger partial charge >= 0.3 is 0 Å². The number of rotatable bonds is 3. The predicted molar refractivity (Wildman–Crippen MR) is 119 cm³/mol. The third-order valence-corrected chi connectivity index (χ3v) is 5.56. The Balaban J connectivity index is 1.69. The number of benzene rings is 3. The van der Waals surface area contributed by atoms with Crippen LogP contribution in [0.25, 0.3) is 10.9 Å². The van der Waals surface area contributed by atoms with Gasteiger partial charge in [0.1, 0.15) is 17.1 Å². The highest BCUT2D eigenvalue weighted by Gasteiger charge is 2.35. The van der Waals surface area contributed by atoms with Crippen molar-refractivity contribution >= 4 is 39.8 Å². The summed E-state index contributed by atoms with van der Waals surface area (Å²) in [4.78, 5) is 19.8. The summed E-state index contributed by atoms with van der Waals surface area (Å²) in [5.74, 6) is 0.621. The first kappa shape index (κ1) is 18.5. The average molecular weight is 416 g/mol. The van der Waals surface area contributed by atoms with E-state index >= 15 is 0 Å². The van der Waals surface area contributed by atoms with E-state index in [9.17, 15) is 4.79 Å². The molecule has 2 heterocycles. The van der Waals surface area contributed by atoms with Gasteiger partial charge in [0.25, 0.3) is 5.91 Å². The number of hydrogen-bond acceptors (Lipinski definition) is 4. The maximum Gasteiger partial charge on any atom is 0.262 e. The minimum atomic E-state index is -0.499. The molecule has 0 unspecified atom stereocenters. The van der Waals surface area contributed by atoms with E-state index in [-0.39, 0.29) is 5.91 Å². The number of halogens is 1. The van der Waals surface area contributed by atoms with E-state index < -0.39 is 6.17 Å². The van der Waals surface area contributed by atoms with Crippen LogP contribution in [0.1, 0.15) is 22.1 Å². The number of nitrogens with one attached hydrogen (secondary N) is 1. The van der Waals surface area contributed by atoms with Gasteiger partial charge in [0.05, 0.1) is 18.2 Å². The molecule has 0 aliphatic carbocycles. The molecule has 30 heavy (non-hydrogen) atoms. The molecule has 3 aromatic carbocycles. The Morgan fingerprint density at radius 1 is 1.00 bits per heavy atom. The topological polar surface area (TPSA) is 54.5 Å². The number of amides is 1. The first-order valence-corrected chi connectivity index (χ1v) is 9.92. The minimum Gasteiger partial charge on any atom is -0.497 e. The fraction of sp³-hybridized carbons (Fsp3) is 0.0833. The van der Waals surface area contributed by atoms with Crippen LogP contribution < -0.4 is 15.0 Å². The molecule has 1 aliphatic rings. The molecule has 0 fully saturated rings. The highest BCUT2D eigenvalue weighted by atomic mass is 35.5. The lowest BCUT2D eigenvalue weighted by molar-refractivity contribution is 0.0975. The van der Waals surface area contributed by atoms with Crippen LogP contribution in [0.2, 0.25) is 5.15 Å². The van der Waals surface area contributed by atoms with Gasteiger partial charge in [0.15, 0.2) is 0 Å². The third-order valence-electron chi connectivity index (χ3n) is 5.26. The van der Waals surface area contributed by atoms with Crippen molar-refractivity contribution in [3.8, 4) is 5.75 Å². The molecule has 0 radical (unpaired) electrons. The lowest BCUT2D eigenvalue weighted by atomic mass is 10.0. The summed E-state index contributed by atoms with van der Waals surface area (Å²) in [6.45, 7) is 0. The number of fused-ring (bicyclic) bond motifs is 2. The number of ether oxygens (including phenoxy) is 1. The van der Waals surface area contributed by atoms with Gasteiger partial charge in [-0.25, -0.2) is 4.98 Å². The smallest absolute Gasteiger partial charge is 0.262 e. The van der Waals surface area contributed by atoms with E-state index in [2.05, 4.69) is 10.3 Å². The molecule has 1 atom stereocenters. The zero-order valence-electron chi connectivity index (χ0n) is 16.2. The lowest BCUT2D eigenvalue weighted by Crippen LogP contribution is -2.43. The van der Waals surface area contributed by atoms with Crippen LogP contribution in [0, 0.1) is 0 Å². The number of carbonyl (C=O) groups is 1. The van der Waals surface area contributed by atoms with E-state index in [1.807, 2.05) is 78.9 Å². The van der Waals surface area contributed by atoms with Gasteiger partial charge in [0, 0.05) is 28.4 Å². The van der Waals surface area contributed by atoms with Crippen molar-refractivity contribution in [3.05, 3.63) is 95.1 Å². The van der Waals surface area contributed by atoms with E-state index in [1.54, 1.807) is 12.0 Å². The molecule has 5 nitrogen and oxygen atoms in total. The number of pyridine rings is 1. The summed E-state index contributed by atoms with van der Waals surface area (Å²) in [6, 6.07) is 24.7. The maximum atomic E-state index is 13.5. The number of anilines is 2. The van der Waals surface area contributed by atoms with Gasteiger partial charge in [-0.05, 0) is 42.5 Å². The lowest BCUT2D eigenvalue weighted by Gasteiger charge is -2.38. The molecule has 4 aromatic rings. The molecule has 0 saturated carbocycles. The van der Waals surface area contributed by atoms with E-state index in [0.717, 1.165) is 27.8 Å². The molecule has 1 amide bonds. The zero-order chi connectivity index (χ0) is 20.7. The second kappa shape index (κ2) is 7.35. The van der Waals surface area contributed by atoms with Crippen molar-refractivity contribution in [2.45, 2.75) is 6.17 Å². The van der Waals surface area contributed by atoms with Crippen LogP contribution in [0.3, 0.4) is 0 Å². The normalized spacial score (nSPS) is 15.6. The molecule has 6 heteroatoms. The van der Waals surface area contributed by atoms with Crippen LogP contribution in [0.5, 0.6) is 5.75 Å². The second-order valence-electron chi connectivity index (χ2n) is 7.03. The van der Waals surface area contributed by atoms with Crippen molar-refractivity contribution in [2.24, 2.45) is 0 Å². The fourth-order valence-corrected chi connectivity index (χ4v) is 4.03. The summed E-state index contributed by atoms with van der Waals surface area (Å²) in [6.07, 6.45) is -0.499. The van der Waals surface area contributed by atoms with Gasteiger partial charge in [0.2, 0.25) is 0 Å². The Kier molecular flexibility index (Phi) is 4.52. The molecule has 0 saturated heterocycles. The number of para-hydroxylation sites is 2. The molecular formula is C24H18ClN3O2. The van der Waals surface area contributed by atoms with Crippen LogP contribution >= 0.6 is 11.6 Å². The van der Waals surface area contributed by atoms with E-state index in [0.29, 0.717) is 16.5 Å². The second-order valence-corrected chi connectivity index (χ2v) is 7.39. The van der Waals surface area contributed by atoms with Crippen LogP contribution in [-0.4, -0.2) is 18.0 Å². The fourth-order valence-electron chi connectivity index (χ4n) is 3.78. The number of hydrogen-bond donors (Lipinski definition) is 1. The molecule has 0 bridgehead atoms. The Labute approximate surface area is 178 Å². The Morgan fingerprint density at radius 2 is 1.77 bits per heavy atom. The van der Waals surface area contributed by atoms with Crippen molar-refractivity contribution in [1.82, 2.24) is 4.98 Å². The van der Waals surface area contributed by atoms with Crippen molar-refractivity contribution < 1.29 is 9.53 Å². The summed E-state index contributed by atoms with van der Waals surface area (Å²) in [5.41, 5.74) is 3.62. The molecule has 0 spiro atoms. The van der Waals surface area contributed by atoms with E-state index in [1.165, 1.54) is 0 Å². The Bertz CT molecular complexity index is 1260. The monoisotopic (exact) mass is 415 g/mol. The summed E-state index contributed by atoms with van der Waals surface area (Å²) < 4.78 is 5.29. The largest absolute Gasteiger partial charge is 0.497 e.